The van der Waals surface area contributed by atoms with Crippen molar-refractivity contribution in [3.05, 3.63) is 47.5 Å². The number of halogens is 1. The molecule has 0 amide bonds. The van der Waals surface area contributed by atoms with Gasteiger partial charge in [-0.2, -0.15) is 13.1 Å². The molecule has 0 saturated heterocycles. The van der Waals surface area contributed by atoms with Gasteiger partial charge in [-0.1, -0.05) is 23.7 Å². The third-order valence-electron chi connectivity index (χ3n) is 5.29. The molecule has 4 rings (SSSR count). The zero-order chi connectivity index (χ0) is 21.3. The first-order valence-electron chi connectivity index (χ1n) is 9.36. The second kappa shape index (κ2) is 8.44. The topological polar surface area (TPSA) is 142 Å². The molecule has 0 radical (unpaired) electrons. The predicted molar refractivity (Wildman–Crippen MR) is 111 cm³/mol. The molecular formula is C18H21ClN6O4S. The van der Waals surface area contributed by atoms with Gasteiger partial charge in [0.2, 0.25) is 0 Å². The SMILES string of the molecule is O=S(=O)(O)NC[C@@H]1C[C@@H](n2cnc3c(NCc4ccc(Cl)cc4)ncnc32)C[C@@H]1O. The smallest absolute Gasteiger partial charge is 0.333 e. The Labute approximate surface area is 178 Å². The molecule has 1 aliphatic rings. The number of nitrogens with zero attached hydrogens (tertiary/aromatic N) is 4. The summed E-state index contributed by atoms with van der Waals surface area (Å²) in [6.07, 6.45) is 3.36. The van der Waals surface area contributed by atoms with Gasteiger partial charge in [0, 0.05) is 30.1 Å². The predicted octanol–water partition coefficient (Wildman–Crippen LogP) is 1.80. The molecule has 1 aliphatic carbocycles. The Balaban J connectivity index is 1.49. The molecule has 3 aromatic rings. The molecule has 3 atom stereocenters. The van der Waals surface area contributed by atoms with Crippen LogP contribution in [0.4, 0.5) is 5.82 Å². The largest absolute Gasteiger partial charge is 0.393 e. The van der Waals surface area contributed by atoms with Gasteiger partial charge in [0.1, 0.15) is 11.8 Å². The molecule has 0 unspecified atom stereocenters. The Hall–Kier alpha value is -2.31. The van der Waals surface area contributed by atoms with E-state index in [0.29, 0.717) is 41.4 Å². The highest BCUT2D eigenvalue weighted by molar-refractivity contribution is 7.83. The second-order valence-corrected chi connectivity index (χ2v) is 8.98. The van der Waals surface area contributed by atoms with Crippen molar-refractivity contribution in [3.63, 3.8) is 0 Å². The number of rotatable bonds is 7. The van der Waals surface area contributed by atoms with E-state index in [1.54, 1.807) is 6.33 Å². The Morgan fingerprint density at radius 1 is 1.17 bits per heavy atom. The Kier molecular flexibility index (Phi) is 5.89. The number of hydrogen-bond donors (Lipinski definition) is 4. The summed E-state index contributed by atoms with van der Waals surface area (Å²) in [5, 5.41) is 14.2. The van der Waals surface area contributed by atoms with E-state index in [4.69, 9.17) is 16.2 Å². The standard InChI is InChI=1S/C18H21ClN6O4S/c19-13-3-1-11(2-4-13)7-20-17-16-18(22-9-21-17)25(10-23-16)14-5-12(15(26)6-14)8-24-30(27,28)29/h1-4,9-10,12,14-15,24,26H,5-8H2,(H,20,21,22)(H,27,28,29)/t12-,14+,15-/m0/s1. The van der Waals surface area contributed by atoms with Crippen molar-refractivity contribution in [1.29, 1.82) is 0 Å². The number of aliphatic hydroxyl groups is 1. The van der Waals surface area contributed by atoms with Gasteiger partial charge in [0.05, 0.1) is 12.4 Å². The van der Waals surface area contributed by atoms with Crippen LogP contribution in [0.5, 0.6) is 0 Å². The molecule has 0 bridgehead atoms. The maximum absolute atomic E-state index is 10.9. The highest BCUT2D eigenvalue weighted by Crippen LogP contribution is 2.36. The first-order chi connectivity index (χ1) is 14.3. The van der Waals surface area contributed by atoms with Gasteiger partial charge >= 0.3 is 10.3 Å². The molecule has 160 valence electrons. The lowest BCUT2D eigenvalue weighted by Crippen LogP contribution is -2.31. The van der Waals surface area contributed by atoms with Crippen molar-refractivity contribution in [2.45, 2.75) is 31.5 Å². The van der Waals surface area contributed by atoms with Crippen LogP contribution in [0.2, 0.25) is 5.02 Å². The minimum Gasteiger partial charge on any atom is -0.393 e. The zero-order valence-electron chi connectivity index (χ0n) is 15.8. The van der Waals surface area contributed by atoms with E-state index in [2.05, 4.69) is 20.3 Å². The van der Waals surface area contributed by atoms with Crippen molar-refractivity contribution < 1.29 is 18.1 Å². The van der Waals surface area contributed by atoms with E-state index < -0.39 is 16.4 Å². The van der Waals surface area contributed by atoms with Gasteiger partial charge in [-0.25, -0.2) is 15.0 Å². The molecule has 2 aromatic heterocycles. The minimum absolute atomic E-state index is 0.0357. The van der Waals surface area contributed by atoms with Crippen LogP contribution in [0.1, 0.15) is 24.4 Å². The maximum Gasteiger partial charge on any atom is 0.333 e. The molecule has 0 aliphatic heterocycles. The monoisotopic (exact) mass is 452 g/mol. The third kappa shape index (κ3) is 4.71. The minimum atomic E-state index is -4.29. The summed E-state index contributed by atoms with van der Waals surface area (Å²) in [7, 11) is -4.29. The first-order valence-corrected chi connectivity index (χ1v) is 11.2. The van der Waals surface area contributed by atoms with E-state index >= 15 is 0 Å². The lowest BCUT2D eigenvalue weighted by molar-refractivity contribution is 0.133. The van der Waals surface area contributed by atoms with E-state index in [9.17, 15) is 13.5 Å². The van der Waals surface area contributed by atoms with Crippen LogP contribution >= 0.6 is 11.6 Å². The number of hydrogen-bond acceptors (Lipinski definition) is 7. The molecule has 1 saturated carbocycles. The molecule has 10 nitrogen and oxygen atoms in total. The van der Waals surface area contributed by atoms with Crippen molar-refractivity contribution in [3.8, 4) is 0 Å². The van der Waals surface area contributed by atoms with Gasteiger partial charge < -0.3 is 15.0 Å². The number of nitrogens with one attached hydrogen (secondary N) is 2. The van der Waals surface area contributed by atoms with Crippen LogP contribution in [0.3, 0.4) is 0 Å². The number of anilines is 1. The van der Waals surface area contributed by atoms with Gasteiger partial charge in [0.25, 0.3) is 0 Å². The fraction of sp³-hybridized carbons (Fsp3) is 0.389. The van der Waals surface area contributed by atoms with Gasteiger partial charge in [-0.3, -0.25) is 4.55 Å². The summed E-state index contributed by atoms with van der Waals surface area (Å²) in [5.41, 5.74) is 2.28. The van der Waals surface area contributed by atoms with Crippen LogP contribution in [0.15, 0.2) is 36.9 Å². The van der Waals surface area contributed by atoms with Crippen LogP contribution < -0.4 is 10.0 Å². The van der Waals surface area contributed by atoms with Crippen LogP contribution in [-0.2, 0) is 16.8 Å². The molecule has 30 heavy (non-hydrogen) atoms. The van der Waals surface area contributed by atoms with E-state index in [-0.39, 0.29) is 18.5 Å². The Bertz CT molecular complexity index is 1140. The van der Waals surface area contributed by atoms with Crippen molar-refractivity contribution in [2.75, 3.05) is 11.9 Å². The summed E-state index contributed by atoms with van der Waals surface area (Å²) >= 11 is 5.92. The molecule has 2 heterocycles. The summed E-state index contributed by atoms with van der Waals surface area (Å²) < 4.78 is 34.6. The summed E-state index contributed by atoms with van der Waals surface area (Å²) in [5.74, 6) is 0.274. The van der Waals surface area contributed by atoms with Crippen LogP contribution in [0.25, 0.3) is 11.2 Å². The first kappa shape index (κ1) is 20.9. The van der Waals surface area contributed by atoms with E-state index in [0.717, 1.165) is 5.56 Å². The van der Waals surface area contributed by atoms with Gasteiger partial charge in [-0.15, -0.1) is 0 Å². The third-order valence-corrected chi connectivity index (χ3v) is 6.07. The lowest BCUT2D eigenvalue weighted by atomic mass is 10.1. The number of benzene rings is 1. The molecule has 1 fully saturated rings. The number of aromatic nitrogens is 4. The summed E-state index contributed by atoms with van der Waals surface area (Å²) in [6, 6.07) is 7.39. The molecule has 1 aromatic carbocycles. The van der Waals surface area contributed by atoms with Crippen molar-refractivity contribution >= 4 is 38.9 Å². The maximum atomic E-state index is 10.9. The average molecular weight is 453 g/mol. The van der Waals surface area contributed by atoms with Crippen LogP contribution in [0, 0.1) is 5.92 Å². The quantitative estimate of drug-likeness (QED) is 0.397. The Morgan fingerprint density at radius 3 is 2.67 bits per heavy atom. The summed E-state index contributed by atoms with van der Waals surface area (Å²) in [6.45, 7) is 0.508. The van der Waals surface area contributed by atoms with Crippen molar-refractivity contribution in [2.24, 2.45) is 5.92 Å². The number of fused-ring (bicyclic) bond motifs is 1. The highest BCUT2D eigenvalue weighted by atomic mass is 35.5. The van der Waals surface area contributed by atoms with Crippen molar-refractivity contribution in [1.82, 2.24) is 24.2 Å². The number of imidazole rings is 1. The normalized spacial score (nSPS) is 21.9. The molecule has 0 spiro atoms. The number of aliphatic hydroxyl groups excluding tert-OH is 1. The van der Waals surface area contributed by atoms with E-state index in [1.165, 1.54) is 6.33 Å². The Morgan fingerprint density at radius 2 is 1.93 bits per heavy atom. The van der Waals surface area contributed by atoms with Gasteiger partial charge in [0.15, 0.2) is 11.5 Å². The van der Waals surface area contributed by atoms with Crippen LogP contribution in [-0.4, -0.2) is 50.2 Å². The lowest BCUT2D eigenvalue weighted by Gasteiger charge is -2.14. The van der Waals surface area contributed by atoms with Gasteiger partial charge in [-0.05, 0) is 30.5 Å². The summed E-state index contributed by atoms with van der Waals surface area (Å²) in [4.78, 5) is 13.1. The fourth-order valence-electron chi connectivity index (χ4n) is 3.77. The highest BCUT2D eigenvalue weighted by Gasteiger charge is 2.35. The van der Waals surface area contributed by atoms with E-state index in [1.807, 2.05) is 33.6 Å². The average Bonchev–Trinajstić information content (AvgIpc) is 3.29. The second-order valence-electron chi connectivity index (χ2n) is 7.30. The molecular weight excluding hydrogens is 432 g/mol. The fourth-order valence-corrected chi connectivity index (χ4v) is 4.32. The zero-order valence-corrected chi connectivity index (χ0v) is 17.4. The molecule has 4 N–H and O–H groups in total. The molecule has 12 heteroatoms.